The van der Waals surface area contributed by atoms with Crippen molar-refractivity contribution in [3.8, 4) is 5.75 Å². The minimum Gasteiger partial charge on any atom is -0.500 e. The van der Waals surface area contributed by atoms with E-state index in [4.69, 9.17) is 14.2 Å². The average molecular weight is 632 g/mol. The van der Waals surface area contributed by atoms with Crippen molar-refractivity contribution >= 4 is 28.0 Å². The van der Waals surface area contributed by atoms with Crippen molar-refractivity contribution in [2.75, 3.05) is 32.2 Å². The van der Waals surface area contributed by atoms with Gasteiger partial charge in [0.05, 0.1) is 48.0 Å². The van der Waals surface area contributed by atoms with Crippen molar-refractivity contribution in [3.05, 3.63) is 101 Å². The number of hydrogen-bond donors (Lipinski definition) is 1. The number of allylic oxidation sites excluding steroid dienone is 5. The van der Waals surface area contributed by atoms with Crippen LogP contribution >= 0.6 is 0 Å². The number of aryl methyl sites for hydroxylation is 2. The molecule has 3 aromatic rings. The third-order valence-corrected chi connectivity index (χ3v) is 9.07. The molecule has 1 heterocycles. The number of carbonyl (C=O) groups excluding carboxylic acids is 1. The summed E-state index contributed by atoms with van der Waals surface area (Å²) in [5.74, 6) is 1.94. The van der Waals surface area contributed by atoms with Crippen LogP contribution in [0.5, 0.6) is 5.75 Å². The largest absolute Gasteiger partial charge is 0.500 e. The van der Waals surface area contributed by atoms with E-state index in [0.29, 0.717) is 29.5 Å². The Morgan fingerprint density at radius 2 is 1.84 bits per heavy atom. The standard InChI is InChI=1S/C36H45N3O5S/c1-6-8-19-43-20-21-44-32-14-9-28(10-15-32)30-22-26(3)36(42-5)29(23-30)11-18-35(40)38-31-12-16-33(17-13-31)45(41)24-34-27(4)37-25-39(34)7-2/h9-18,23,25-26H,6-8,19-22,24H2,1-5H3,(H,38,40)/b18-11+. The monoisotopic (exact) mass is 631 g/mol. The summed E-state index contributed by atoms with van der Waals surface area (Å²) in [5, 5.41) is 2.90. The predicted octanol–water partition coefficient (Wildman–Crippen LogP) is 7.23. The van der Waals surface area contributed by atoms with Gasteiger partial charge in [0, 0.05) is 41.3 Å². The number of benzene rings is 2. The topological polar surface area (TPSA) is 91.7 Å². The number of imidazole rings is 1. The third-order valence-electron chi connectivity index (χ3n) is 7.73. The number of nitrogens with zero attached hydrogens (tertiary/aromatic N) is 2. The number of unbranched alkanes of at least 4 members (excludes halogenated alkanes) is 1. The molecule has 8 nitrogen and oxygen atoms in total. The highest BCUT2D eigenvalue weighted by molar-refractivity contribution is 7.84. The number of hydrogen-bond acceptors (Lipinski definition) is 6. The number of rotatable bonds is 16. The molecule has 240 valence electrons. The lowest BCUT2D eigenvalue weighted by Gasteiger charge is -2.24. The molecule has 0 saturated carbocycles. The van der Waals surface area contributed by atoms with E-state index in [0.717, 1.165) is 66.4 Å². The maximum Gasteiger partial charge on any atom is 0.248 e. The van der Waals surface area contributed by atoms with Crippen molar-refractivity contribution < 1.29 is 23.2 Å². The van der Waals surface area contributed by atoms with Gasteiger partial charge in [0.1, 0.15) is 18.1 Å². The normalized spacial score (nSPS) is 15.7. The molecule has 4 rings (SSSR count). The SMILES string of the molecule is CCCCOCCOc1ccc(C2=CC(/C=C/C(=O)Nc3ccc(S(=O)Cc4c(C)ncn4CC)cc3)=C(OC)C(C)C2)cc1. The maximum atomic E-state index is 13.0. The molecule has 2 unspecified atom stereocenters. The van der Waals surface area contributed by atoms with Crippen LogP contribution in [0.25, 0.3) is 5.57 Å². The van der Waals surface area contributed by atoms with E-state index in [1.54, 1.807) is 43.8 Å². The van der Waals surface area contributed by atoms with E-state index in [1.807, 2.05) is 30.5 Å². The molecule has 0 bridgehead atoms. The summed E-state index contributed by atoms with van der Waals surface area (Å²) in [6.45, 7) is 10.9. The van der Waals surface area contributed by atoms with Gasteiger partial charge in [-0.25, -0.2) is 4.98 Å². The van der Waals surface area contributed by atoms with Crippen LogP contribution in [-0.2, 0) is 37.4 Å². The van der Waals surface area contributed by atoms with Crippen molar-refractivity contribution in [3.63, 3.8) is 0 Å². The maximum absolute atomic E-state index is 13.0. The van der Waals surface area contributed by atoms with E-state index in [1.165, 1.54) is 11.6 Å². The first-order valence-corrected chi connectivity index (χ1v) is 16.9. The van der Waals surface area contributed by atoms with Crippen LogP contribution in [0.15, 0.2) is 89.3 Å². The highest BCUT2D eigenvalue weighted by Crippen LogP contribution is 2.36. The van der Waals surface area contributed by atoms with Crippen LogP contribution in [0, 0.1) is 12.8 Å². The zero-order chi connectivity index (χ0) is 32.2. The summed E-state index contributed by atoms with van der Waals surface area (Å²) in [6, 6.07) is 15.2. The van der Waals surface area contributed by atoms with Gasteiger partial charge in [-0.3, -0.25) is 9.00 Å². The quantitative estimate of drug-likeness (QED) is 0.132. The van der Waals surface area contributed by atoms with Gasteiger partial charge in [-0.15, -0.1) is 0 Å². The highest BCUT2D eigenvalue weighted by atomic mass is 32.2. The minimum atomic E-state index is -1.22. The summed E-state index contributed by atoms with van der Waals surface area (Å²) in [5.41, 5.74) is 5.62. The molecule has 0 spiro atoms. The Bertz CT molecular complexity index is 1540. The second-order valence-electron chi connectivity index (χ2n) is 11.0. The Hall–Kier alpha value is -3.95. The van der Waals surface area contributed by atoms with Crippen molar-refractivity contribution in [2.24, 2.45) is 5.92 Å². The molecule has 0 fully saturated rings. The number of nitrogens with one attached hydrogen (secondary N) is 1. The van der Waals surface area contributed by atoms with Gasteiger partial charge in [0.15, 0.2) is 0 Å². The molecule has 2 aromatic carbocycles. The lowest BCUT2D eigenvalue weighted by molar-refractivity contribution is -0.111. The number of aromatic nitrogens is 2. The Kier molecular flexibility index (Phi) is 12.8. The van der Waals surface area contributed by atoms with Gasteiger partial charge < -0.3 is 24.1 Å². The smallest absolute Gasteiger partial charge is 0.248 e. The molecular formula is C36H45N3O5S. The summed E-state index contributed by atoms with van der Waals surface area (Å²) in [6.07, 6.45) is 10.2. The Morgan fingerprint density at radius 3 is 2.53 bits per heavy atom. The summed E-state index contributed by atoms with van der Waals surface area (Å²) < 4.78 is 32.1. The number of methoxy groups -OCH3 is 1. The molecule has 45 heavy (non-hydrogen) atoms. The van der Waals surface area contributed by atoms with Crippen LogP contribution < -0.4 is 10.1 Å². The zero-order valence-corrected chi connectivity index (χ0v) is 27.8. The van der Waals surface area contributed by atoms with Crippen LogP contribution in [0.2, 0.25) is 0 Å². The molecule has 0 aliphatic heterocycles. The average Bonchev–Trinajstić information content (AvgIpc) is 3.40. The van der Waals surface area contributed by atoms with Gasteiger partial charge in [-0.1, -0.05) is 32.4 Å². The number of amides is 1. The van der Waals surface area contributed by atoms with Crippen LogP contribution in [0.1, 0.15) is 57.0 Å². The molecular weight excluding hydrogens is 586 g/mol. The molecule has 0 saturated heterocycles. The molecule has 2 atom stereocenters. The van der Waals surface area contributed by atoms with E-state index in [-0.39, 0.29) is 11.8 Å². The fraction of sp³-hybridized carbons (Fsp3) is 0.389. The van der Waals surface area contributed by atoms with Crippen LogP contribution in [-0.4, -0.2) is 46.6 Å². The zero-order valence-electron chi connectivity index (χ0n) is 27.0. The lowest BCUT2D eigenvalue weighted by Crippen LogP contribution is -2.11. The summed E-state index contributed by atoms with van der Waals surface area (Å²) >= 11 is 0. The molecule has 1 aliphatic rings. The predicted molar refractivity (Wildman–Crippen MR) is 180 cm³/mol. The van der Waals surface area contributed by atoms with E-state index in [2.05, 4.69) is 42.4 Å². The molecule has 1 N–H and O–H groups in total. The van der Waals surface area contributed by atoms with Crippen molar-refractivity contribution in [2.45, 2.75) is 64.2 Å². The lowest BCUT2D eigenvalue weighted by atomic mass is 9.86. The number of anilines is 1. The Morgan fingerprint density at radius 1 is 1.09 bits per heavy atom. The minimum absolute atomic E-state index is 0.155. The third kappa shape index (κ3) is 9.52. The summed E-state index contributed by atoms with van der Waals surface area (Å²) in [7, 11) is 0.445. The van der Waals surface area contributed by atoms with Gasteiger partial charge in [-0.05, 0) is 86.4 Å². The molecule has 1 amide bonds. The first-order chi connectivity index (χ1) is 21.8. The summed E-state index contributed by atoms with van der Waals surface area (Å²) in [4.78, 5) is 17.9. The number of ether oxygens (including phenoxy) is 3. The van der Waals surface area contributed by atoms with Gasteiger partial charge in [0.2, 0.25) is 5.91 Å². The highest BCUT2D eigenvalue weighted by Gasteiger charge is 2.21. The molecule has 0 radical (unpaired) electrons. The first-order valence-electron chi connectivity index (χ1n) is 15.6. The second-order valence-corrected chi connectivity index (χ2v) is 12.5. The van der Waals surface area contributed by atoms with Crippen LogP contribution in [0.4, 0.5) is 5.69 Å². The Balaban J connectivity index is 1.36. The molecule has 1 aliphatic carbocycles. The van der Waals surface area contributed by atoms with Crippen molar-refractivity contribution in [1.82, 2.24) is 9.55 Å². The van der Waals surface area contributed by atoms with Gasteiger partial charge >= 0.3 is 0 Å². The molecule has 1 aromatic heterocycles. The van der Waals surface area contributed by atoms with Crippen LogP contribution in [0.3, 0.4) is 0 Å². The fourth-order valence-corrected chi connectivity index (χ4v) is 6.45. The van der Waals surface area contributed by atoms with E-state index >= 15 is 0 Å². The Labute approximate surface area is 269 Å². The van der Waals surface area contributed by atoms with Crippen molar-refractivity contribution in [1.29, 1.82) is 0 Å². The first kappa shape index (κ1) is 33.9. The van der Waals surface area contributed by atoms with Gasteiger partial charge in [-0.2, -0.15) is 0 Å². The fourth-order valence-electron chi connectivity index (χ4n) is 5.22. The molecule has 9 heteroatoms. The van der Waals surface area contributed by atoms with E-state index < -0.39 is 10.8 Å². The number of carbonyl (C=O) groups is 1. The van der Waals surface area contributed by atoms with E-state index in [9.17, 15) is 9.00 Å². The second kappa shape index (κ2) is 16.9. The van der Waals surface area contributed by atoms with Gasteiger partial charge in [0.25, 0.3) is 0 Å².